The summed E-state index contributed by atoms with van der Waals surface area (Å²) in [7, 11) is 0. The van der Waals surface area contributed by atoms with Crippen LogP contribution in [0.15, 0.2) is 40.3 Å². The number of anilines is 1. The molecule has 0 radical (unpaired) electrons. The molecule has 3 aromatic rings. The molecule has 0 aliphatic rings. The number of H-pyrrole nitrogens is 1. The van der Waals surface area contributed by atoms with Crippen molar-refractivity contribution in [2.24, 2.45) is 0 Å². The summed E-state index contributed by atoms with van der Waals surface area (Å²) in [5.74, 6) is -0.775. The predicted octanol–water partition coefficient (Wildman–Crippen LogP) is 3.20. The summed E-state index contributed by atoms with van der Waals surface area (Å²) in [4.78, 5) is 45.0. The number of rotatable bonds is 6. The molecule has 0 fully saturated rings. The van der Waals surface area contributed by atoms with Crippen molar-refractivity contribution in [2.45, 2.75) is 19.0 Å². The number of fused-ring (bicyclic) bond motifs is 1. The quantitative estimate of drug-likeness (QED) is 0.372. The van der Waals surface area contributed by atoms with E-state index in [1.807, 2.05) is 6.92 Å². The first-order valence-electron chi connectivity index (χ1n) is 8.17. The smallest absolute Gasteiger partial charge is 0.340 e. The first kappa shape index (κ1) is 19.1. The Kier molecular flexibility index (Phi) is 5.92. The average molecular weight is 403 g/mol. The molecule has 1 amide bonds. The molecule has 7 nitrogen and oxygen atoms in total. The van der Waals surface area contributed by atoms with E-state index in [9.17, 15) is 14.4 Å². The number of carbonyl (C=O) groups excluding carboxylic acids is 2. The molecule has 2 N–H and O–H groups in total. The number of benzene rings is 1. The number of hydrogen-bond donors (Lipinski definition) is 2. The molecule has 0 saturated heterocycles. The summed E-state index contributed by atoms with van der Waals surface area (Å²) < 4.78 is 4.99. The first-order valence-corrected chi connectivity index (χ1v) is 9.97. The van der Waals surface area contributed by atoms with Crippen molar-refractivity contribution in [1.82, 2.24) is 9.97 Å². The maximum atomic E-state index is 12.3. The second-order valence-corrected chi connectivity index (χ2v) is 7.75. The number of carbonyl (C=O) groups is 2. The molecule has 2 aromatic heterocycles. The number of para-hydroxylation sites is 1. The van der Waals surface area contributed by atoms with Gasteiger partial charge in [0, 0.05) is 4.88 Å². The van der Waals surface area contributed by atoms with E-state index < -0.39 is 5.97 Å². The summed E-state index contributed by atoms with van der Waals surface area (Å²) in [6.07, 6.45) is 0. The third kappa shape index (κ3) is 4.55. The largest absolute Gasteiger partial charge is 0.462 e. The predicted molar refractivity (Wildman–Crippen MR) is 107 cm³/mol. The van der Waals surface area contributed by atoms with E-state index in [0.717, 1.165) is 16.6 Å². The van der Waals surface area contributed by atoms with Gasteiger partial charge in [0.1, 0.15) is 4.83 Å². The second kappa shape index (κ2) is 8.36. The molecule has 0 spiro atoms. The van der Waals surface area contributed by atoms with Crippen molar-refractivity contribution in [3.63, 3.8) is 0 Å². The number of thiophene rings is 1. The van der Waals surface area contributed by atoms with E-state index in [1.165, 1.54) is 11.3 Å². The lowest BCUT2D eigenvalue weighted by Gasteiger charge is -2.10. The van der Waals surface area contributed by atoms with Crippen molar-refractivity contribution < 1.29 is 14.3 Å². The number of ether oxygens (including phenoxy) is 1. The van der Waals surface area contributed by atoms with E-state index in [1.54, 1.807) is 37.3 Å². The number of aryl methyl sites for hydroxylation is 1. The van der Waals surface area contributed by atoms with E-state index in [0.29, 0.717) is 26.6 Å². The van der Waals surface area contributed by atoms with Crippen LogP contribution >= 0.6 is 23.1 Å². The van der Waals surface area contributed by atoms with Gasteiger partial charge in [-0.1, -0.05) is 23.9 Å². The molecule has 0 aliphatic carbocycles. The number of thioether (sulfide) groups is 1. The van der Waals surface area contributed by atoms with Crippen LogP contribution in [0.5, 0.6) is 0 Å². The summed E-state index contributed by atoms with van der Waals surface area (Å²) in [6.45, 7) is 3.88. The number of hydrogen-bond acceptors (Lipinski definition) is 7. The lowest BCUT2D eigenvalue weighted by Crippen LogP contribution is -2.18. The highest BCUT2D eigenvalue weighted by Crippen LogP contribution is 2.23. The second-order valence-electron chi connectivity index (χ2n) is 5.55. The van der Waals surface area contributed by atoms with Crippen molar-refractivity contribution in [3.8, 4) is 0 Å². The van der Waals surface area contributed by atoms with Crippen LogP contribution in [-0.2, 0) is 9.53 Å². The fourth-order valence-electron chi connectivity index (χ4n) is 2.40. The lowest BCUT2D eigenvalue weighted by molar-refractivity contribution is -0.113. The minimum Gasteiger partial charge on any atom is -0.462 e. The molecule has 0 unspecified atom stereocenters. The summed E-state index contributed by atoms with van der Waals surface area (Å²) in [6, 6.07) is 8.43. The number of nitrogens with zero attached hydrogens (tertiary/aromatic N) is 1. The van der Waals surface area contributed by atoms with E-state index in [-0.39, 0.29) is 23.8 Å². The molecule has 27 heavy (non-hydrogen) atoms. The molecule has 1 aromatic carbocycles. The van der Waals surface area contributed by atoms with Crippen LogP contribution in [0.4, 0.5) is 5.69 Å². The lowest BCUT2D eigenvalue weighted by atomic mass is 10.2. The fourth-order valence-corrected chi connectivity index (χ4v) is 4.00. The number of esters is 1. The van der Waals surface area contributed by atoms with Gasteiger partial charge in [0.2, 0.25) is 5.91 Å². The Morgan fingerprint density at radius 1 is 1.33 bits per heavy atom. The van der Waals surface area contributed by atoms with Gasteiger partial charge in [0.15, 0.2) is 5.16 Å². The van der Waals surface area contributed by atoms with Gasteiger partial charge in [-0.15, -0.1) is 11.3 Å². The van der Waals surface area contributed by atoms with Gasteiger partial charge in [-0.2, -0.15) is 0 Å². The van der Waals surface area contributed by atoms with Crippen molar-refractivity contribution in [2.75, 3.05) is 17.7 Å². The molecule has 0 saturated carbocycles. The van der Waals surface area contributed by atoms with Gasteiger partial charge in [-0.05, 0) is 32.0 Å². The first-order chi connectivity index (χ1) is 13.0. The van der Waals surface area contributed by atoms with Gasteiger partial charge in [0.25, 0.3) is 5.56 Å². The minimum atomic E-state index is -0.495. The van der Waals surface area contributed by atoms with Gasteiger partial charge in [0.05, 0.1) is 29.0 Å². The van der Waals surface area contributed by atoms with Crippen LogP contribution in [0.3, 0.4) is 0 Å². The molecular formula is C18H17N3O4S2. The molecule has 0 bridgehead atoms. The van der Waals surface area contributed by atoms with Gasteiger partial charge < -0.3 is 15.0 Å². The normalized spacial score (nSPS) is 10.7. The Hall–Kier alpha value is -2.65. The Balaban J connectivity index is 1.69. The van der Waals surface area contributed by atoms with E-state index in [2.05, 4.69) is 15.3 Å². The standard InChI is InChI=1S/C18H17N3O4S2/c1-3-25-17(24)11-6-4-5-7-13(11)19-14(22)9-26-18-20-15(23)12-8-10(2)27-16(12)21-18/h4-8H,3,9H2,1-2H3,(H,19,22)(H,20,21,23). The molecule has 3 rings (SSSR count). The maximum absolute atomic E-state index is 12.3. The van der Waals surface area contributed by atoms with Gasteiger partial charge in [-0.3, -0.25) is 9.59 Å². The number of nitrogens with one attached hydrogen (secondary N) is 2. The number of aromatic amines is 1. The van der Waals surface area contributed by atoms with Crippen LogP contribution in [0, 0.1) is 6.92 Å². The molecule has 2 heterocycles. The Labute approximate surface area is 163 Å². The molecule has 9 heteroatoms. The summed E-state index contributed by atoms with van der Waals surface area (Å²) >= 11 is 2.55. The highest BCUT2D eigenvalue weighted by atomic mass is 32.2. The van der Waals surface area contributed by atoms with Crippen LogP contribution in [0.2, 0.25) is 0 Å². The topological polar surface area (TPSA) is 101 Å². The van der Waals surface area contributed by atoms with Crippen LogP contribution < -0.4 is 10.9 Å². The average Bonchev–Trinajstić information content (AvgIpc) is 3.01. The Morgan fingerprint density at radius 2 is 2.11 bits per heavy atom. The SMILES string of the molecule is CCOC(=O)c1ccccc1NC(=O)CSc1nc2sc(C)cc2c(=O)[nH]1. The zero-order chi connectivity index (χ0) is 19.4. The van der Waals surface area contributed by atoms with Crippen molar-refractivity contribution >= 4 is 50.9 Å². The number of aromatic nitrogens is 2. The Morgan fingerprint density at radius 3 is 2.89 bits per heavy atom. The zero-order valence-corrected chi connectivity index (χ0v) is 16.3. The summed E-state index contributed by atoms with van der Waals surface area (Å²) in [5, 5.41) is 3.63. The van der Waals surface area contributed by atoms with E-state index >= 15 is 0 Å². The Bertz CT molecular complexity index is 1060. The monoisotopic (exact) mass is 403 g/mol. The zero-order valence-electron chi connectivity index (χ0n) is 14.7. The minimum absolute atomic E-state index is 0.0377. The fraction of sp³-hybridized carbons (Fsp3) is 0.222. The van der Waals surface area contributed by atoms with Gasteiger partial charge in [-0.25, -0.2) is 9.78 Å². The van der Waals surface area contributed by atoms with E-state index in [4.69, 9.17) is 4.74 Å². The van der Waals surface area contributed by atoms with Crippen LogP contribution in [-0.4, -0.2) is 34.2 Å². The molecule has 0 aliphatic heterocycles. The molecule has 0 atom stereocenters. The maximum Gasteiger partial charge on any atom is 0.340 e. The molecule has 140 valence electrons. The van der Waals surface area contributed by atoms with Crippen LogP contribution in [0.1, 0.15) is 22.2 Å². The summed E-state index contributed by atoms with van der Waals surface area (Å²) in [5.41, 5.74) is 0.451. The van der Waals surface area contributed by atoms with Crippen molar-refractivity contribution in [3.05, 3.63) is 51.1 Å². The molecular weight excluding hydrogens is 386 g/mol. The van der Waals surface area contributed by atoms with Crippen LogP contribution in [0.25, 0.3) is 10.2 Å². The number of amides is 1. The van der Waals surface area contributed by atoms with Gasteiger partial charge >= 0.3 is 5.97 Å². The third-order valence-electron chi connectivity index (χ3n) is 3.54. The highest BCUT2D eigenvalue weighted by molar-refractivity contribution is 7.99. The third-order valence-corrected chi connectivity index (χ3v) is 5.36. The van der Waals surface area contributed by atoms with Crippen molar-refractivity contribution in [1.29, 1.82) is 0 Å². The highest BCUT2D eigenvalue weighted by Gasteiger charge is 2.15.